The van der Waals surface area contributed by atoms with E-state index in [1.165, 1.54) is 18.5 Å². The van der Waals surface area contributed by atoms with Crippen molar-refractivity contribution in [2.24, 2.45) is 0 Å². The zero-order valence-electron chi connectivity index (χ0n) is 15.1. The average Bonchev–Trinajstić information content (AvgIpc) is 2.71. The molecule has 6 nitrogen and oxygen atoms in total. The topological polar surface area (TPSA) is 76.1 Å². The van der Waals surface area contributed by atoms with E-state index in [4.69, 9.17) is 4.74 Å². The zero-order chi connectivity index (χ0) is 19.9. The van der Waals surface area contributed by atoms with E-state index in [0.717, 1.165) is 23.4 Å². The number of hydrogen-bond acceptors (Lipinski definition) is 5. The number of nitrogens with zero attached hydrogens (tertiary/aromatic N) is 2. The lowest BCUT2D eigenvalue weighted by molar-refractivity contribution is 0.102. The lowest BCUT2D eigenvalue weighted by Crippen LogP contribution is -2.17. The normalized spacial score (nSPS) is 10.4. The first kappa shape index (κ1) is 19.2. The minimum absolute atomic E-state index is 0.0163. The van der Waals surface area contributed by atoms with E-state index in [1.54, 1.807) is 7.11 Å². The SMILES string of the molecule is COc1ccccc1CCNc1cc(C(=O)Nc2c(F)cccc2F)ncn1. The third kappa shape index (κ3) is 4.59. The summed E-state index contributed by atoms with van der Waals surface area (Å²) >= 11 is 0. The molecule has 0 saturated heterocycles. The number of amides is 1. The minimum atomic E-state index is -0.863. The number of ether oxygens (including phenoxy) is 1. The van der Waals surface area contributed by atoms with Crippen LogP contribution in [-0.2, 0) is 6.42 Å². The number of anilines is 2. The number of carbonyl (C=O) groups excluding carboxylic acids is 1. The summed E-state index contributed by atoms with van der Waals surface area (Å²) < 4.78 is 32.7. The number of aromatic nitrogens is 2. The second-order valence-electron chi connectivity index (χ2n) is 5.83. The van der Waals surface area contributed by atoms with Crippen molar-refractivity contribution in [3.8, 4) is 5.75 Å². The highest BCUT2D eigenvalue weighted by Gasteiger charge is 2.15. The molecule has 0 saturated carbocycles. The summed E-state index contributed by atoms with van der Waals surface area (Å²) in [5.74, 6) is -1.25. The Kier molecular flexibility index (Phi) is 6.11. The molecule has 2 aromatic carbocycles. The van der Waals surface area contributed by atoms with E-state index in [-0.39, 0.29) is 5.69 Å². The monoisotopic (exact) mass is 384 g/mol. The molecule has 0 atom stereocenters. The Bertz CT molecular complexity index is 962. The summed E-state index contributed by atoms with van der Waals surface area (Å²) in [4.78, 5) is 20.2. The number of nitrogens with one attached hydrogen (secondary N) is 2. The average molecular weight is 384 g/mol. The van der Waals surface area contributed by atoms with Gasteiger partial charge >= 0.3 is 0 Å². The van der Waals surface area contributed by atoms with Gasteiger partial charge in [0.25, 0.3) is 5.91 Å². The molecule has 3 aromatic rings. The quantitative estimate of drug-likeness (QED) is 0.650. The Hall–Kier alpha value is -3.55. The molecular formula is C20H18F2N4O2. The summed E-state index contributed by atoms with van der Waals surface area (Å²) in [6.45, 7) is 0.542. The predicted molar refractivity (Wildman–Crippen MR) is 102 cm³/mol. The molecule has 8 heteroatoms. The third-order valence-corrected chi connectivity index (χ3v) is 3.99. The summed E-state index contributed by atoms with van der Waals surface area (Å²) in [6, 6.07) is 12.4. The fourth-order valence-corrected chi connectivity index (χ4v) is 2.61. The highest BCUT2D eigenvalue weighted by Crippen LogP contribution is 2.20. The van der Waals surface area contributed by atoms with Gasteiger partial charge in [-0.2, -0.15) is 0 Å². The van der Waals surface area contributed by atoms with Crippen molar-refractivity contribution in [3.05, 3.63) is 77.8 Å². The lowest BCUT2D eigenvalue weighted by atomic mass is 10.1. The Balaban J connectivity index is 1.64. The Morgan fingerprint density at radius 1 is 1.07 bits per heavy atom. The summed E-state index contributed by atoms with van der Waals surface area (Å²) in [6.07, 6.45) is 1.88. The van der Waals surface area contributed by atoms with E-state index in [1.807, 2.05) is 24.3 Å². The van der Waals surface area contributed by atoms with Crippen LogP contribution in [0.25, 0.3) is 0 Å². The smallest absolute Gasteiger partial charge is 0.274 e. The van der Waals surface area contributed by atoms with Crippen molar-refractivity contribution in [3.63, 3.8) is 0 Å². The van der Waals surface area contributed by atoms with Gasteiger partial charge in [-0.1, -0.05) is 24.3 Å². The van der Waals surface area contributed by atoms with Gasteiger partial charge in [-0.25, -0.2) is 18.7 Å². The van der Waals surface area contributed by atoms with Gasteiger partial charge in [-0.3, -0.25) is 4.79 Å². The van der Waals surface area contributed by atoms with Gasteiger partial charge in [0.15, 0.2) is 0 Å². The van der Waals surface area contributed by atoms with E-state index < -0.39 is 23.2 Å². The largest absolute Gasteiger partial charge is 0.496 e. The van der Waals surface area contributed by atoms with Gasteiger partial charge in [0.05, 0.1) is 7.11 Å². The van der Waals surface area contributed by atoms with Crippen molar-refractivity contribution in [1.29, 1.82) is 0 Å². The maximum absolute atomic E-state index is 13.7. The van der Waals surface area contributed by atoms with Crippen LogP contribution < -0.4 is 15.4 Å². The summed E-state index contributed by atoms with van der Waals surface area (Å²) in [5, 5.41) is 5.29. The molecule has 0 aliphatic carbocycles. The molecule has 28 heavy (non-hydrogen) atoms. The molecule has 0 radical (unpaired) electrons. The number of methoxy groups -OCH3 is 1. The molecule has 1 heterocycles. The number of carbonyl (C=O) groups is 1. The maximum Gasteiger partial charge on any atom is 0.274 e. The first-order valence-corrected chi connectivity index (χ1v) is 8.51. The third-order valence-electron chi connectivity index (χ3n) is 3.99. The van der Waals surface area contributed by atoms with Crippen molar-refractivity contribution < 1.29 is 18.3 Å². The number of rotatable bonds is 7. The molecule has 0 aliphatic rings. The van der Waals surface area contributed by atoms with Crippen molar-refractivity contribution in [2.45, 2.75) is 6.42 Å². The molecule has 144 valence electrons. The van der Waals surface area contributed by atoms with Gasteiger partial charge in [0.2, 0.25) is 0 Å². The van der Waals surface area contributed by atoms with Crippen LogP contribution in [0.1, 0.15) is 16.1 Å². The van der Waals surface area contributed by atoms with E-state index >= 15 is 0 Å². The zero-order valence-corrected chi connectivity index (χ0v) is 15.1. The number of halogens is 2. The summed E-state index contributed by atoms with van der Waals surface area (Å²) in [7, 11) is 1.61. The lowest BCUT2D eigenvalue weighted by Gasteiger charge is -2.10. The van der Waals surface area contributed by atoms with Gasteiger partial charge in [0, 0.05) is 12.6 Å². The molecule has 2 N–H and O–H groups in total. The van der Waals surface area contributed by atoms with Crippen LogP contribution in [0, 0.1) is 11.6 Å². The van der Waals surface area contributed by atoms with Gasteiger partial charge < -0.3 is 15.4 Å². The molecule has 0 fully saturated rings. The molecular weight excluding hydrogens is 366 g/mol. The minimum Gasteiger partial charge on any atom is -0.496 e. The number of benzene rings is 2. The standard InChI is InChI=1S/C20H18F2N4O2/c1-28-17-8-3-2-5-13(17)9-10-23-18-11-16(24-12-25-18)20(27)26-19-14(21)6-4-7-15(19)22/h2-8,11-12H,9-10H2,1H3,(H,26,27)(H,23,24,25). The molecule has 3 rings (SSSR count). The van der Waals surface area contributed by atoms with Gasteiger partial charge in [0.1, 0.15) is 40.9 Å². The molecule has 0 unspecified atom stereocenters. The Labute approximate surface area is 160 Å². The van der Waals surface area contributed by atoms with E-state index in [0.29, 0.717) is 18.8 Å². The second-order valence-corrected chi connectivity index (χ2v) is 5.83. The first-order valence-electron chi connectivity index (χ1n) is 8.51. The Morgan fingerprint density at radius 3 is 2.57 bits per heavy atom. The van der Waals surface area contributed by atoms with Crippen LogP contribution >= 0.6 is 0 Å². The second kappa shape index (κ2) is 8.90. The number of hydrogen-bond donors (Lipinski definition) is 2. The van der Waals surface area contributed by atoms with Gasteiger partial charge in [-0.15, -0.1) is 0 Å². The van der Waals surface area contributed by atoms with Crippen molar-refractivity contribution >= 4 is 17.4 Å². The molecule has 0 spiro atoms. The van der Waals surface area contributed by atoms with Crippen LogP contribution in [-0.4, -0.2) is 29.5 Å². The van der Waals surface area contributed by atoms with Gasteiger partial charge in [-0.05, 0) is 30.2 Å². The number of para-hydroxylation sites is 2. The first-order chi connectivity index (χ1) is 13.6. The fourth-order valence-electron chi connectivity index (χ4n) is 2.61. The van der Waals surface area contributed by atoms with Crippen LogP contribution in [0.5, 0.6) is 5.75 Å². The molecule has 1 aromatic heterocycles. The van der Waals surface area contributed by atoms with Crippen LogP contribution in [0.4, 0.5) is 20.3 Å². The van der Waals surface area contributed by atoms with Crippen molar-refractivity contribution in [2.75, 3.05) is 24.3 Å². The fraction of sp³-hybridized carbons (Fsp3) is 0.150. The molecule has 1 amide bonds. The highest BCUT2D eigenvalue weighted by atomic mass is 19.1. The predicted octanol–water partition coefficient (Wildman–Crippen LogP) is 3.67. The van der Waals surface area contributed by atoms with E-state index in [2.05, 4.69) is 20.6 Å². The van der Waals surface area contributed by atoms with Crippen LogP contribution in [0.15, 0.2) is 54.9 Å². The Morgan fingerprint density at radius 2 is 1.82 bits per heavy atom. The van der Waals surface area contributed by atoms with Crippen molar-refractivity contribution in [1.82, 2.24) is 9.97 Å². The van der Waals surface area contributed by atoms with E-state index in [9.17, 15) is 13.6 Å². The summed E-state index contributed by atoms with van der Waals surface area (Å²) in [5.41, 5.74) is 0.494. The maximum atomic E-state index is 13.7. The van der Waals surface area contributed by atoms with Crippen LogP contribution in [0.2, 0.25) is 0 Å². The molecule has 0 aliphatic heterocycles. The molecule has 0 bridgehead atoms. The highest BCUT2D eigenvalue weighted by molar-refractivity contribution is 6.03. The van der Waals surface area contributed by atoms with Crippen LogP contribution in [0.3, 0.4) is 0 Å².